The van der Waals surface area contributed by atoms with Gasteiger partial charge < -0.3 is 18.6 Å². The van der Waals surface area contributed by atoms with Gasteiger partial charge in [-0.25, -0.2) is 4.98 Å². The largest absolute Gasteiger partial charge is 0.348 e. The van der Waals surface area contributed by atoms with Gasteiger partial charge in [0.15, 0.2) is 0 Å². The first-order valence-electron chi connectivity index (χ1n) is 9.82. The van der Waals surface area contributed by atoms with Crippen LogP contribution in [0.25, 0.3) is 22.6 Å². The van der Waals surface area contributed by atoms with E-state index in [9.17, 15) is 4.79 Å². The fraction of sp³-hybridized carbons (Fsp3) is 0.333. The monoisotopic (exact) mass is 390 g/mol. The first-order chi connectivity index (χ1) is 14.2. The van der Waals surface area contributed by atoms with Crippen molar-refractivity contribution in [3.05, 3.63) is 54.8 Å². The van der Waals surface area contributed by atoms with Crippen LogP contribution in [0.15, 0.2) is 53.4 Å². The molecule has 29 heavy (non-hydrogen) atoms. The Morgan fingerprint density at radius 1 is 1.24 bits per heavy atom. The zero-order valence-electron chi connectivity index (χ0n) is 16.2. The predicted molar refractivity (Wildman–Crippen MR) is 107 cm³/mol. The first-order valence-corrected chi connectivity index (χ1v) is 9.82. The molecule has 1 aliphatic rings. The summed E-state index contributed by atoms with van der Waals surface area (Å²) in [6.45, 7) is 1.97. The molecule has 1 amide bonds. The average molecular weight is 390 g/mol. The van der Waals surface area contributed by atoms with E-state index < -0.39 is 0 Å². The third-order valence-corrected chi connectivity index (χ3v) is 5.60. The second-order valence-electron chi connectivity index (χ2n) is 7.46. The minimum Gasteiger partial charge on any atom is -0.348 e. The molecule has 8 nitrogen and oxygen atoms in total. The van der Waals surface area contributed by atoms with Crippen molar-refractivity contribution >= 4 is 16.9 Å². The van der Waals surface area contributed by atoms with Gasteiger partial charge in [-0.3, -0.25) is 4.79 Å². The summed E-state index contributed by atoms with van der Waals surface area (Å²) in [5.74, 6) is 1.43. The molecule has 0 spiro atoms. The Morgan fingerprint density at radius 2 is 2.14 bits per heavy atom. The van der Waals surface area contributed by atoms with Gasteiger partial charge in [0.05, 0.1) is 29.0 Å². The minimum atomic E-state index is 0.0922. The van der Waals surface area contributed by atoms with Crippen molar-refractivity contribution in [2.75, 3.05) is 13.1 Å². The van der Waals surface area contributed by atoms with E-state index >= 15 is 0 Å². The molecule has 1 aromatic carbocycles. The first kappa shape index (κ1) is 17.7. The van der Waals surface area contributed by atoms with E-state index in [1.165, 1.54) is 0 Å². The summed E-state index contributed by atoms with van der Waals surface area (Å²) in [6.07, 6.45) is 5.04. The van der Waals surface area contributed by atoms with Crippen LogP contribution >= 0.6 is 0 Å². The molecule has 1 atom stereocenters. The Labute approximate surface area is 167 Å². The minimum absolute atomic E-state index is 0.0922. The number of aryl methyl sites for hydroxylation is 2. The van der Waals surface area contributed by atoms with Crippen LogP contribution in [-0.4, -0.2) is 48.2 Å². The molecular formula is C21H22N6O2. The number of nitrogens with zero attached hydrogens (tertiary/aromatic N) is 6. The lowest BCUT2D eigenvalue weighted by Crippen LogP contribution is -2.29. The molecule has 0 radical (unpaired) electrons. The lowest BCUT2D eigenvalue weighted by molar-refractivity contribution is -0.130. The van der Waals surface area contributed by atoms with Crippen molar-refractivity contribution < 1.29 is 9.32 Å². The molecule has 0 bridgehead atoms. The van der Waals surface area contributed by atoms with Crippen LogP contribution in [0.1, 0.15) is 24.7 Å². The Balaban J connectivity index is 1.21. The molecule has 0 N–H and O–H groups in total. The number of carbonyl (C=O) groups is 1. The number of benzene rings is 1. The number of rotatable bonds is 5. The average Bonchev–Trinajstić information content (AvgIpc) is 3.51. The Kier molecular flexibility index (Phi) is 4.38. The number of imidazole rings is 1. The van der Waals surface area contributed by atoms with Crippen LogP contribution in [0, 0.1) is 0 Å². The highest BCUT2D eigenvalue weighted by Gasteiger charge is 2.31. The van der Waals surface area contributed by atoms with Gasteiger partial charge in [0.25, 0.3) is 0 Å². The van der Waals surface area contributed by atoms with Crippen molar-refractivity contribution in [1.29, 1.82) is 0 Å². The van der Waals surface area contributed by atoms with Crippen molar-refractivity contribution in [2.24, 2.45) is 7.05 Å². The Morgan fingerprint density at radius 3 is 3.00 bits per heavy atom. The number of aromatic nitrogens is 5. The van der Waals surface area contributed by atoms with Gasteiger partial charge in [-0.15, -0.1) is 0 Å². The molecule has 4 aromatic rings. The molecule has 0 unspecified atom stereocenters. The summed E-state index contributed by atoms with van der Waals surface area (Å²) in [4.78, 5) is 23.6. The highest BCUT2D eigenvalue weighted by molar-refractivity contribution is 5.78. The van der Waals surface area contributed by atoms with Gasteiger partial charge in [-0.2, -0.15) is 4.98 Å². The van der Waals surface area contributed by atoms with Crippen molar-refractivity contribution in [1.82, 2.24) is 29.2 Å². The van der Waals surface area contributed by atoms with Crippen molar-refractivity contribution in [3.8, 4) is 11.5 Å². The maximum absolute atomic E-state index is 12.7. The molecule has 1 saturated heterocycles. The summed E-state index contributed by atoms with van der Waals surface area (Å²) in [5.41, 5.74) is 2.92. The van der Waals surface area contributed by atoms with Gasteiger partial charge in [0, 0.05) is 39.3 Å². The van der Waals surface area contributed by atoms with Crippen molar-refractivity contribution in [3.63, 3.8) is 0 Å². The van der Waals surface area contributed by atoms with E-state index in [1.807, 2.05) is 63.7 Å². The third kappa shape index (κ3) is 3.30. The van der Waals surface area contributed by atoms with E-state index in [2.05, 4.69) is 15.1 Å². The van der Waals surface area contributed by atoms with Crippen LogP contribution in [-0.2, 0) is 18.4 Å². The molecule has 4 heterocycles. The second kappa shape index (κ2) is 7.20. The summed E-state index contributed by atoms with van der Waals surface area (Å²) >= 11 is 0. The third-order valence-electron chi connectivity index (χ3n) is 5.60. The van der Waals surface area contributed by atoms with Crippen LogP contribution in [0.4, 0.5) is 0 Å². The van der Waals surface area contributed by atoms with E-state index in [-0.39, 0.29) is 11.8 Å². The Bertz CT molecular complexity index is 1160. The van der Waals surface area contributed by atoms with E-state index in [4.69, 9.17) is 4.52 Å². The molecular weight excluding hydrogens is 368 g/mol. The quantitative estimate of drug-likeness (QED) is 0.523. The number of para-hydroxylation sites is 2. The molecule has 5 rings (SSSR count). The van der Waals surface area contributed by atoms with Gasteiger partial charge in [0.2, 0.25) is 17.6 Å². The zero-order chi connectivity index (χ0) is 19.8. The molecule has 0 aliphatic carbocycles. The molecule has 3 aromatic heterocycles. The number of amides is 1. The highest BCUT2D eigenvalue weighted by Crippen LogP contribution is 2.28. The number of hydrogen-bond acceptors (Lipinski definition) is 5. The topological polar surface area (TPSA) is 82.0 Å². The summed E-state index contributed by atoms with van der Waals surface area (Å²) in [6, 6.07) is 11.9. The van der Waals surface area contributed by atoms with Crippen LogP contribution in [0.2, 0.25) is 0 Å². The van der Waals surface area contributed by atoms with Crippen molar-refractivity contribution in [2.45, 2.75) is 25.3 Å². The van der Waals surface area contributed by atoms with Crippen LogP contribution < -0.4 is 0 Å². The van der Waals surface area contributed by atoms with Gasteiger partial charge >= 0.3 is 0 Å². The summed E-state index contributed by atoms with van der Waals surface area (Å²) in [7, 11) is 1.95. The summed E-state index contributed by atoms with van der Waals surface area (Å²) in [5, 5.41) is 4.11. The SMILES string of the molecule is Cn1cccc1-c1noc([C@@H]2CCN(C(=O)CCn3cnc4ccccc43)C2)n1. The lowest BCUT2D eigenvalue weighted by Gasteiger charge is -2.16. The van der Waals surface area contributed by atoms with E-state index in [1.54, 1.807) is 6.33 Å². The molecule has 8 heteroatoms. The van der Waals surface area contributed by atoms with Gasteiger partial charge in [-0.1, -0.05) is 17.3 Å². The molecule has 148 valence electrons. The van der Waals surface area contributed by atoms with Gasteiger partial charge in [-0.05, 0) is 30.7 Å². The second-order valence-corrected chi connectivity index (χ2v) is 7.46. The highest BCUT2D eigenvalue weighted by atomic mass is 16.5. The normalized spacial score (nSPS) is 16.7. The number of fused-ring (bicyclic) bond motifs is 1. The maximum atomic E-state index is 12.7. The predicted octanol–water partition coefficient (Wildman–Crippen LogP) is 2.83. The molecule has 1 aliphatic heterocycles. The molecule has 1 fully saturated rings. The lowest BCUT2D eigenvalue weighted by atomic mass is 10.1. The zero-order valence-corrected chi connectivity index (χ0v) is 16.2. The number of hydrogen-bond donors (Lipinski definition) is 0. The van der Waals surface area contributed by atoms with Crippen LogP contribution in [0.5, 0.6) is 0 Å². The number of carbonyl (C=O) groups excluding carboxylic acids is 1. The van der Waals surface area contributed by atoms with E-state index in [0.717, 1.165) is 29.7 Å². The summed E-state index contributed by atoms with van der Waals surface area (Å²) < 4.78 is 9.49. The van der Waals surface area contributed by atoms with Gasteiger partial charge in [0.1, 0.15) is 0 Å². The molecule has 0 saturated carbocycles. The maximum Gasteiger partial charge on any atom is 0.231 e. The fourth-order valence-electron chi connectivity index (χ4n) is 3.95. The van der Waals surface area contributed by atoms with E-state index in [0.29, 0.717) is 31.2 Å². The smallest absolute Gasteiger partial charge is 0.231 e. The Hall–Kier alpha value is -3.42. The fourth-order valence-corrected chi connectivity index (χ4v) is 3.95. The number of likely N-dealkylation sites (tertiary alicyclic amines) is 1. The van der Waals surface area contributed by atoms with Crippen LogP contribution in [0.3, 0.4) is 0 Å². The standard InChI is InChI=1S/C21H22N6O2/c1-25-10-4-7-18(25)20-23-21(29-24-20)15-8-11-26(13-15)19(28)9-12-27-14-22-16-5-2-3-6-17(16)27/h2-7,10,14-15H,8-9,11-13H2,1H3/t15-/m1/s1.